The van der Waals surface area contributed by atoms with Crippen molar-refractivity contribution < 1.29 is 76.1 Å². The number of methoxy groups -OCH3 is 1. The van der Waals surface area contributed by atoms with Crippen LogP contribution < -0.4 is 5.32 Å². The van der Waals surface area contributed by atoms with Crippen molar-refractivity contribution in [3.8, 4) is 0 Å². The maximum absolute atomic E-state index is 12.6. The van der Waals surface area contributed by atoms with E-state index in [2.05, 4.69) is 5.32 Å². The molecule has 17 heteroatoms. The van der Waals surface area contributed by atoms with Crippen LogP contribution in [0, 0.1) is 0 Å². The molecule has 0 saturated carbocycles. The van der Waals surface area contributed by atoms with E-state index >= 15 is 0 Å². The Bertz CT molecular complexity index is 1630. The predicted molar refractivity (Wildman–Crippen MR) is 179 cm³/mol. The summed E-state index contributed by atoms with van der Waals surface area (Å²) in [6, 6.07) is 12.1. The van der Waals surface area contributed by atoms with Crippen LogP contribution in [0.15, 0.2) is 42.5 Å². The molecule has 4 rings (SSSR count). The fourth-order valence-corrected chi connectivity index (χ4v) is 6.17. The van der Waals surface area contributed by atoms with Crippen LogP contribution in [0.3, 0.4) is 0 Å². The van der Waals surface area contributed by atoms with E-state index in [-0.39, 0.29) is 6.61 Å². The summed E-state index contributed by atoms with van der Waals surface area (Å²) in [5.74, 6) is -4.19. The molecule has 0 spiro atoms. The van der Waals surface area contributed by atoms with Crippen molar-refractivity contribution >= 4 is 46.5 Å². The molecule has 1 N–H and O–H groups in total. The minimum Gasteiger partial charge on any atom is -0.463 e. The molecule has 10 atom stereocenters. The molecule has 2 aromatic rings. The quantitative estimate of drug-likeness (QED) is 0.215. The second-order valence-electron chi connectivity index (χ2n) is 12.4. The maximum Gasteiger partial charge on any atom is 0.303 e. The van der Waals surface area contributed by atoms with Gasteiger partial charge in [0.1, 0.15) is 43.7 Å². The number of hydrogen-bond donors (Lipinski definition) is 1. The number of rotatable bonds is 14. The first-order chi connectivity index (χ1) is 25.2. The van der Waals surface area contributed by atoms with E-state index in [0.717, 1.165) is 37.1 Å². The van der Waals surface area contributed by atoms with Crippen molar-refractivity contribution in [3.63, 3.8) is 0 Å². The van der Waals surface area contributed by atoms with Gasteiger partial charge in [-0.1, -0.05) is 36.4 Å². The van der Waals surface area contributed by atoms with Gasteiger partial charge in [-0.25, -0.2) is 0 Å². The van der Waals surface area contributed by atoms with Gasteiger partial charge in [0.2, 0.25) is 5.91 Å². The monoisotopic (exact) mass is 747 g/mol. The van der Waals surface area contributed by atoms with Crippen molar-refractivity contribution in [2.75, 3.05) is 20.3 Å². The summed E-state index contributed by atoms with van der Waals surface area (Å²) in [6.45, 7) is 6.06. The number of amides is 1. The maximum atomic E-state index is 12.6. The normalized spacial score (nSPS) is 28.3. The molecule has 1 amide bonds. The Hall–Kier alpha value is -4.68. The van der Waals surface area contributed by atoms with Gasteiger partial charge in [-0.05, 0) is 22.4 Å². The van der Waals surface area contributed by atoms with Gasteiger partial charge in [0.05, 0.1) is 6.61 Å². The van der Waals surface area contributed by atoms with Gasteiger partial charge in [0.15, 0.2) is 30.9 Å². The molecule has 0 aliphatic carbocycles. The van der Waals surface area contributed by atoms with Gasteiger partial charge in [-0.3, -0.25) is 28.8 Å². The molecule has 0 bridgehead atoms. The average molecular weight is 748 g/mol. The highest BCUT2D eigenvalue weighted by molar-refractivity contribution is 5.83. The van der Waals surface area contributed by atoms with Crippen LogP contribution in [-0.4, -0.2) is 117 Å². The smallest absolute Gasteiger partial charge is 0.303 e. The van der Waals surface area contributed by atoms with Gasteiger partial charge in [-0.15, -0.1) is 0 Å². The standard InChI is InChI=1S/C36H45NO16/c1-18(38)37-29-32(44-7)30(48-21(4)41)27(16-45-19(2)39)51-35(29)53-33-31(49-22(5)42)28(17-46-20(3)40)52-36(34(33)50-23(6)43)47-15-24-12-13-25-10-8-9-11-26(25)14-24/h8-14,27-36H,15-17H2,1-7H3,(H,37,38)/t27-,28-,29-,30-,31-,32+,33+,34-,35+,36-/m1/s1. The van der Waals surface area contributed by atoms with Crippen molar-refractivity contribution in [2.45, 2.75) is 109 Å². The lowest BCUT2D eigenvalue weighted by molar-refractivity contribution is -0.351. The fraction of sp³-hybridized carbons (Fsp3) is 0.556. The molecule has 17 nitrogen and oxygen atoms in total. The Morgan fingerprint density at radius 3 is 1.68 bits per heavy atom. The number of hydrogen-bond acceptors (Lipinski definition) is 16. The fourth-order valence-electron chi connectivity index (χ4n) is 6.17. The number of ether oxygens (including phenoxy) is 10. The van der Waals surface area contributed by atoms with E-state index < -0.39 is 110 Å². The Balaban J connectivity index is 1.78. The van der Waals surface area contributed by atoms with Gasteiger partial charge >= 0.3 is 29.8 Å². The number of carbonyl (C=O) groups is 6. The number of esters is 5. The molecule has 2 saturated heterocycles. The molecule has 2 aliphatic heterocycles. The van der Waals surface area contributed by atoms with Gasteiger partial charge in [0, 0.05) is 48.7 Å². The zero-order valence-electron chi connectivity index (χ0n) is 30.5. The molecule has 0 radical (unpaired) electrons. The van der Waals surface area contributed by atoms with E-state index in [1.165, 1.54) is 27.9 Å². The largest absolute Gasteiger partial charge is 0.463 e. The molecule has 2 heterocycles. The third kappa shape index (κ3) is 11.4. The topological polar surface area (TPSA) is 207 Å². The second-order valence-corrected chi connectivity index (χ2v) is 12.4. The highest BCUT2D eigenvalue weighted by atomic mass is 16.8. The zero-order valence-corrected chi connectivity index (χ0v) is 30.5. The first-order valence-electron chi connectivity index (χ1n) is 16.8. The molecule has 0 unspecified atom stereocenters. The molecular formula is C36H45NO16. The summed E-state index contributed by atoms with van der Waals surface area (Å²) in [7, 11) is 1.30. The van der Waals surface area contributed by atoms with Gasteiger partial charge in [-0.2, -0.15) is 0 Å². The summed E-state index contributed by atoms with van der Waals surface area (Å²) in [4.78, 5) is 73.6. The molecule has 2 fully saturated rings. The van der Waals surface area contributed by atoms with E-state index in [9.17, 15) is 28.8 Å². The molecule has 53 heavy (non-hydrogen) atoms. The minimum atomic E-state index is -1.54. The van der Waals surface area contributed by atoms with Crippen molar-refractivity contribution in [1.82, 2.24) is 5.32 Å². The average Bonchev–Trinajstić information content (AvgIpc) is 3.08. The first kappa shape index (κ1) is 41.1. The highest BCUT2D eigenvalue weighted by Crippen LogP contribution is 2.35. The van der Waals surface area contributed by atoms with Gasteiger partial charge in [0.25, 0.3) is 0 Å². The van der Waals surface area contributed by atoms with Crippen LogP contribution in [0.4, 0.5) is 0 Å². The van der Waals surface area contributed by atoms with Crippen LogP contribution >= 0.6 is 0 Å². The van der Waals surface area contributed by atoms with Crippen LogP contribution in [0.2, 0.25) is 0 Å². The Kier molecular flexibility index (Phi) is 14.6. The summed E-state index contributed by atoms with van der Waals surface area (Å²) in [5, 5.41) is 4.63. The number of nitrogens with one attached hydrogen (secondary N) is 1. The number of carbonyl (C=O) groups excluding carboxylic acids is 6. The predicted octanol–water partition coefficient (Wildman–Crippen LogP) is 1.63. The minimum absolute atomic E-state index is 0.0484. The van der Waals surface area contributed by atoms with Crippen LogP contribution in [0.25, 0.3) is 10.8 Å². The Morgan fingerprint density at radius 2 is 1.15 bits per heavy atom. The molecule has 2 aliphatic rings. The lowest BCUT2D eigenvalue weighted by Crippen LogP contribution is -2.69. The zero-order chi connectivity index (χ0) is 38.8. The van der Waals surface area contributed by atoms with Gasteiger partial charge < -0.3 is 52.7 Å². The Morgan fingerprint density at radius 1 is 0.623 bits per heavy atom. The Labute approximate surface area is 305 Å². The SMILES string of the molecule is CO[C@H]1[C@@H](NC(C)=O)[C@H](O[C@@H]2[C@@H](OC(C)=O)[C@H](OCc3ccc4ccccc4c3)O[C@H](COC(C)=O)[C@H]2OC(C)=O)O[C@H](COC(C)=O)[C@H]1OC(C)=O. The van der Waals surface area contributed by atoms with Crippen LogP contribution in [-0.2, 0) is 82.7 Å². The molecule has 290 valence electrons. The first-order valence-corrected chi connectivity index (χ1v) is 16.8. The summed E-state index contributed by atoms with van der Waals surface area (Å²) in [5.41, 5.74) is 0.735. The lowest BCUT2D eigenvalue weighted by atomic mass is 9.94. The van der Waals surface area contributed by atoms with Crippen molar-refractivity contribution in [1.29, 1.82) is 0 Å². The third-order valence-electron chi connectivity index (χ3n) is 8.21. The number of benzene rings is 2. The van der Waals surface area contributed by atoms with E-state index in [1.807, 2.05) is 42.5 Å². The lowest BCUT2D eigenvalue weighted by Gasteiger charge is -2.49. The summed E-state index contributed by atoms with van der Waals surface area (Å²) in [6.07, 6.45) is -12.2. The molecular weight excluding hydrogens is 702 g/mol. The van der Waals surface area contributed by atoms with E-state index in [0.29, 0.717) is 0 Å². The highest BCUT2D eigenvalue weighted by Gasteiger charge is 2.56. The molecule has 2 aromatic carbocycles. The van der Waals surface area contributed by atoms with Crippen molar-refractivity contribution in [2.24, 2.45) is 0 Å². The summed E-state index contributed by atoms with van der Waals surface area (Å²) >= 11 is 0. The number of fused-ring (bicyclic) bond motifs is 1. The van der Waals surface area contributed by atoms with Crippen molar-refractivity contribution in [3.05, 3.63) is 48.0 Å². The summed E-state index contributed by atoms with van der Waals surface area (Å²) < 4.78 is 58.2. The van der Waals surface area contributed by atoms with E-state index in [1.54, 1.807) is 0 Å². The molecule has 0 aromatic heterocycles. The van der Waals surface area contributed by atoms with E-state index in [4.69, 9.17) is 47.4 Å². The van der Waals surface area contributed by atoms with Crippen LogP contribution in [0.5, 0.6) is 0 Å². The second kappa shape index (κ2) is 18.9. The van der Waals surface area contributed by atoms with Crippen LogP contribution in [0.1, 0.15) is 47.1 Å². The third-order valence-corrected chi connectivity index (χ3v) is 8.21.